The lowest BCUT2D eigenvalue weighted by atomic mass is 10.1. The number of esters is 2. The number of aliphatic carboxylic acids is 1. The van der Waals surface area contributed by atoms with Crippen LogP contribution >= 0.6 is 45.8 Å². The van der Waals surface area contributed by atoms with Crippen molar-refractivity contribution in [3.05, 3.63) is 97.5 Å². The van der Waals surface area contributed by atoms with Gasteiger partial charge < -0.3 is 19.9 Å². The summed E-state index contributed by atoms with van der Waals surface area (Å²) in [6.07, 6.45) is -4.18. The van der Waals surface area contributed by atoms with E-state index in [1.807, 2.05) is 22.6 Å². The number of benzene rings is 3. The van der Waals surface area contributed by atoms with E-state index < -0.39 is 36.0 Å². The van der Waals surface area contributed by atoms with E-state index in [2.05, 4.69) is 5.32 Å². The molecule has 0 fully saturated rings. The first-order valence-electron chi connectivity index (χ1n) is 9.86. The van der Waals surface area contributed by atoms with Crippen molar-refractivity contribution in [2.75, 3.05) is 5.32 Å². The van der Waals surface area contributed by atoms with Crippen molar-refractivity contribution >= 4 is 75.3 Å². The number of nitrogens with one attached hydrogen (secondary N) is 1. The molecule has 2 N–H and O–H groups in total. The van der Waals surface area contributed by atoms with Gasteiger partial charge in [0.15, 0.2) is 0 Å². The van der Waals surface area contributed by atoms with Gasteiger partial charge in [0.25, 0.3) is 5.91 Å². The molecule has 0 aromatic heterocycles. The third kappa shape index (κ3) is 7.41. The van der Waals surface area contributed by atoms with Gasteiger partial charge in [-0.15, -0.1) is 0 Å². The molecule has 0 heterocycles. The van der Waals surface area contributed by atoms with E-state index in [4.69, 9.17) is 32.7 Å². The summed E-state index contributed by atoms with van der Waals surface area (Å²) in [6, 6.07) is 17.6. The van der Waals surface area contributed by atoms with Gasteiger partial charge in [-0.25, -0.2) is 14.4 Å². The minimum absolute atomic E-state index is 0.00891. The van der Waals surface area contributed by atoms with Gasteiger partial charge in [-0.05, 0) is 89.3 Å². The van der Waals surface area contributed by atoms with Crippen LogP contribution in [0.5, 0.6) is 0 Å². The molecule has 0 aliphatic carbocycles. The van der Waals surface area contributed by atoms with Crippen LogP contribution in [0.1, 0.15) is 20.7 Å². The van der Waals surface area contributed by atoms with Crippen molar-refractivity contribution in [2.45, 2.75) is 12.2 Å². The molecule has 0 aliphatic rings. The summed E-state index contributed by atoms with van der Waals surface area (Å²) < 4.78 is 11.1. The van der Waals surface area contributed by atoms with Crippen LogP contribution in [0.25, 0.3) is 0 Å². The Labute approximate surface area is 223 Å². The Bertz CT molecular complexity index is 1250. The molecule has 3 aromatic rings. The van der Waals surface area contributed by atoms with Crippen LogP contribution in [0, 0.1) is 3.57 Å². The third-order valence-electron chi connectivity index (χ3n) is 4.50. The van der Waals surface area contributed by atoms with E-state index in [-0.39, 0.29) is 11.1 Å². The van der Waals surface area contributed by atoms with Gasteiger partial charge in [0.05, 0.1) is 11.1 Å². The fraction of sp³-hybridized carbons (Fsp3) is 0.0833. The van der Waals surface area contributed by atoms with Crippen LogP contribution in [0.2, 0.25) is 10.0 Å². The summed E-state index contributed by atoms with van der Waals surface area (Å²) in [5.74, 6) is -4.77. The molecule has 3 aromatic carbocycles. The highest BCUT2D eigenvalue weighted by molar-refractivity contribution is 14.1. The van der Waals surface area contributed by atoms with Crippen LogP contribution < -0.4 is 5.32 Å². The molecule has 0 aliphatic heterocycles. The number of hydrogen-bond acceptors (Lipinski definition) is 6. The second-order valence-corrected chi connectivity index (χ2v) is 9.12. The average Bonchev–Trinajstić information content (AvgIpc) is 2.81. The predicted molar refractivity (Wildman–Crippen MR) is 137 cm³/mol. The Morgan fingerprint density at radius 2 is 1.26 bits per heavy atom. The number of amides is 1. The molecule has 1 amide bonds. The Morgan fingerprint density at radius 1 is 0.771 bits per heavy atom. The van der Waals surface area contributed by atoms with Crippen molar-refractivity contribution in [3.8, 4) is 0 Å². The van der Waals surface area contributed by atoms with E-state index in [1.165, 1.54) is 48.5 Å². The summed E-state index contributed by atoms with van der Waals surface area (Å²) >= 11 is 13.7. The first-order chi connectivity index (χ1) is 16.6. The molecule has 0 radical (unpaired) electrons. The second kappa shape index (κ2) is 12.0. The first-order valence-corrected chi connectivity index (χ1v) is 11.7. The molecule has 11 heteroatoms. The fourth-order valence-corrected chi connectivity index (χ4v) is 3.61. The summed E-state index contributed by atoms with van der Waals surface area (Å²) in [5.41, 5.74) is 0.318. The maximum Gasteiger partial charge on any atom is 0.349 e. The van der Waals surface area contributed by atoms with Gasteiger partial charge in [-0.1, -0.05) is 29.3 Å². The first kappa shape index (κ1) is 26.5. The van der Waals surface area contributed by atoms with E-state index in [0.29, 0.717) is 15.7 Å². The Balaban J connectivity index is 1.90. The lowest BCUT2D eigenvalue weighted by molar-refractivity contribution is -0.157. The highest BCUT2D eigenvalue weighted by atomic mass is 127. The number of carbonyl (C=O) groups is 4. The van der Waals surface area contributed by atoms with E-state index in [0.717, 1.165) is 3.57 Å². The quantitative estimate of drug-likeness (QED) is 0.264. The van der Waals surface area contributed by atoms with Crippen LogP contribution in [-0.4, -0.2) is 41.1 Å². The van der Waals surface area contributed by atoms with E-state index in [9.17, 15) is 24.3 Å². The number of carboxylic acids is 1. The zero-order chi connectivity index (χ0) is 25.5. The molecular formula is C24H16Cl2INO7. The predicted octanol–water partition coefficient (Wildman–Crippen LogP) is 5.07. The topological polar surface area (TPSA) is 119 Å². The third-order valence-corrected chi connectivity index (χ3v) is 5.67. The highest BCUT2D eigenvalue weighted by Gasteiger charge is 2.41. The number of ether oxygens (including phenoxy) is 2. The molecule has 35 heavy (non-hydrogen) atoms. The zero-order valence-electron chi connectivity index (χ0n) is 17.6. The zero-order valence-corrected chi connectivity index (χ0v) is 21.3. The van der Waals surface area contributed by atoms with Crippen molar-refractivity contribution in [2.24, 2.45) is 0 Å². The van der Waals surface area contributed by atoms with Gasteiger partial charge in [-0.3, -0.25) is 4.79 Å². The minimum Gasteiger partial charge on any atom is -0.478 e. The highest BCUT2D eigenvalue weighted by Crippen LogP contribution is 2.19. The molecule has 8 nitrogen and oxygen atoms in total. The fourth-order valence-electron chi connectivity index (χ4n) is 2.81. The summed E-state index contributed by atoms with van der Waals surface area (Å²) in [5, 5.41) is 13.0. The SMILES string of the molecule is O=C(O[C@@H](C(=O)O)[C@@H](OC(=O)c1ccc(Cl)cc1)C(=O)Nc1cccc(I)c1)c1ccc(Cl)cc1. The number of halogens is 3. The molecule has 0 unspecified atom stereocenters. The molecule has 3 rings (SSSR count). The van der Waals surface area contributed by atoms with Gasteiger partial charge in [0.2, 0.25) is 12.2 Å². The largest absolute Gasteiger partial charge is 0.478 e. The lowest BCUT2D eigenvalue weighted by Crippen LogP contribution is -2.48. The monoisotopic (exact) mass is 627 g/mol. The van der Waals surface area contributed by atoms with Crippen molar-refractivity contribution in [3.63, 3.8) is 0 Å². The molecule has 180 valence electrons. The molecule has 0 spiro atoms. The second-order valence-electron chi connectivity index (χ2n) is 7.00. The maximum absolute atomic E-state index is 13.1. The normalized spacial score (nSPS) is 12.2. The molecule has 0 saturated heterocycles. The lowest BCUT2D eigenvalue weighted by Gasteiger charge is -2.23. The van der Waals surface area contributed by atoms with Crippen LogP contribution in [0.15, 0.2) is 72.8 Å². The van der Waals surface area contributed by atoms with Crippen LogP contribution in [0.3, 0.4) is 0 Å². The Hall–Kier alpha value is -3.15. The number of hydrogen-bond donors (Lipinski definition) is 2. The van der Waals surface area contributed by atoms with Gasteiger partial charge in [-0.2, -0.15) is 0 Å². The van der Waals surface area contributed by atoms with Gasteiger partial charge in [0, 0.05) is 19.3 Å². The van der Waals surface area contributed by atoms with Gasteiger partial charge >= 0.3 is 17.9 Å². The summed E-state index contributed by atoms with van der Waals surface area (Å²) in [6.45, 7) is 0. The van der Waals surface area contributed by atoms with E-state index in [1.54, 1.807) is 24.3 Å². The number of rotatable bonds is 8. The van der Waals surface area contributed by atoms with E-state index >= 15 is 0 Å². The summed E-state index contributed by atoms with van der Waals surface area (Å²) in [4.78, 5) is 50.4. The minimum atomic E-state index is -2.16. The van der Waals surface area contributed by atoms with Crippen LogP contribution in [0.4, 0.5) is 5.69 Å². The van der Waals surface area contributed by atoms with Gasteiger partial charge in [0.1, 0.15) is 0 Å². The van der Waals surface area contributed by atoms with Crippen molar-refractivity contribution in [1.82, 2.24) is 0 Å². The average molecular weight is 628 g/mol. The number of anilines is 1. The standard InChI is InChI=1S/C24H16Cl2INO7/c25-15-8-4-13(5-9-15)23(32)34-19(21(29)28-18-3-1-2-17(27)12-18)20(22(30)31)35-24(33)14-6-10-16(26)11-7-14/h1-12,19-20H,(H,28,29)(H,30,31)/t19-,20-/m1/s1. The molecular weight excluding hydrogens is 612 g/mol. The smallest absolute Gasteiger partial charge is 0.349 e. The number of carbonyl (C=O) groups excluding carboxylic acids is 3. The van der Waals surface area contributed by atoms with Crippen molar-refractivity contribution in [1.29, 1.82) is 0 Å². The Kier molecular flexibility index (Phi) is 9.07. The maximum atomic E-state index is 13.1. The molecule has 0 saturated carbocycles. The molecule has 2 atom stereocenters. The van der Waals surface area contributed by atoms with Crippen LogP contribution in [-0.2, 0) is 19.1 Å². The molecule has 0 bridgehead atoms. The summed E-state index contributed by atoms with van der Waals surface area (Å²) in [7, 11) is 0. The number of carboxylic acid groups (broad SMARTS) is 1. The van der Waals surface area contributed by atoms with Crippen molar-refractivity contribution < 1.29 is 33.8 Å². The Morgan fingerprint density at radius 3 is 1.71 bits per heavy atom.